The first-order valence-corrected chi connectivity index (χ1v) is 7.64. The van der Waals surface area contributed by atoms with Gasteiger partial charge in [-0.15, -0.1) is 0 Å². The van der Waals surface area contributed by atoms with E-state index >= 15 is 0 Å². The molecule has 0 spiro atoms. The smallest absolute Gasteiger partial charge is 0.0192 e. The fourth-order valence-corrected chi connectivity index (χ4v) is 3.02. The van der Waals surface area contributed by atoms with Crippen LogP contribution in [0.2, 0.25) is 0 Å². The molecule has 1 rings (SSSR count). The number of hydrogen-bond donors (Lipinski definition) is 1. The molecule has 1 unspecified atom stereocenters. The molecule has 0 aliphatic heterocycles. The highest BCUT2D eigenvalue weighted by atomic mass is 15.2. The van der Waals surface area contributed by atoms with E-state index in [-0.39, 0.29) is 0 Å². The second-order valence-electron chi connectivity index (χ2n) is 5.95. The van der Waals surface area contributed by atoms with Crippen LogP contribution in [0.5, 0.6) is 0 Å². The molecule has 0 radical (unpaired) electrons. The summed E-state index contributed by atoms with van der Waals surface area (Å²) in [6.45, 7) is 12.8. The first-order valence-electron chi connectivity index (χ1n) is 7.64. The molecule has 1 aliphatic carbocycles. The first kappa shape index (κ1) is 15.0. The Labute approximate surface area is 108 Å². The van der Waals surface area contributed by atoms with Gasteiger partial charge in [0.2, 0.25) is 0 Å². The minimum atomic E-state index is 0.680. The molecule has 0 aromatic rings. The molecular formula is C15H32N2. The van der Waals surface area contributed by atoms with Gasteiger partial charge in [0, 0.05) is 25.2 Å². The molecule has 2 heteroatoms. The van der Waals surface area contributed by atoms with E-state index in [0.717, 1.165) is 18.5 Å². The van der Waals surface area contributed by atoms with Crippen molar-refractivity contribution in [1.29, 1.82) is 0 Å². The van der Waals surface area contributed by atoms with Crippen molar-refractivity contribution in [2.75, 3.05) is 19.6 Å². The fraction of sp³-hybridized carbons (Fsp3) is 1.00. The van der Waals surface area contributed by atoms with E-state index in [9.17, 15) is 0 Å². The topological polar surface area (TPSA) is 15.3 Å². The monoisotopic (exact) mass is 240 g/mol. The summed E-state index contributed by atoms with van der Waals surface area (Å²) in [5, 5.41) is 3.62. The van der Waals surface area contributed by atoms with Gasteiger partial charge in [0.1, 0.15) is 0 Å². The van der Waals surface area contributed by atoms with Crippen molar-refractivity contribution in [2.24, 2.45) is 5.92 Å². The molecule has 0 aromatic carbocycles. The van der Waals surface area contributed by atoms with Gasteiger partial charge in [-0.1, -0.05) is 40.5 Å². The van der Waals surface area contributed by atoms with E-state index in [1.807, 2.05) is 0 Å². The fourth-order valence-electron chi connectivity index (χ4n) is 3.02. The van der Waals surface area contributed by atoms with Gasteiger partial charge in [-0.2, -0.15) is 0 Å². The highest BCUT2D eigenvalue weighted by Crippen LogP contribution is 2.24. The summed E-state index contributed by atoms with van der Waals surface area (Å²) in [5.74, 6) is 0.787. The van der Waals surface area contributed by atoms with Crippen LogP contribution < -0.4 is 5.32 Å². The van der Waals surface area contributed by atoms with Gasteiger partial charge in [-0.05, 0) is 31.7 Å². The summed E-state index contributed by atoms with van der Waals surface area (Å²) in [6, 6.07) is 1.55. The molecule has 1 atom stereocenters. The molecule has 2 nitrogen and oxygen atoms in total. The molecule has 0 aromatic heterocycles. The van der Waals surface area contributed by atoms with Crippen molar-refractivity contribution in [3.05, 3.63) is 0 Å². The molecular weight excluding hydrogens is 208 g/mol. The van der Waals surface area contributed by atoms with Crippen LogP contribution in [0, 0.1) is 5.92 Å². The van der Waals surface area contributed by atoms with Crippen LogP contribution in [0.4, 0.5) is 0 Å². The standard InChI is InChI=1S/C15H32N2/c1-5-14(16-6-2)12-17(11-13(3)4)15-9-7-8-10-15/h13-16H,5-12H2,1-4H3. The van der Waals surface area contributed by atoms with Crippen molar-refractivity contribution < 1.29 is 0 Å². The van der Waals surface area contributed by atoms with Crippen molar-refractivity contribution in [2.45, 2.75) is 71.9 Å². The zero-order chi connectivity index (χ0) is 12.7. The van der Waals surface area contributed by atoms with Gasteiger partial charge in [0.25, 0.3) is 0 Å². The summed E-state index contributed by atoms with van der Waals surface area (Å²) >= 11 is 0. The highest BCUT2D eigenvalue weighted by molar-refractivity contribution is 4.81. The van der Waals surface area contributed by atoms with Gasteiger partial charge < -0.3 is 5.32 Å². The Morgan fingerprint density at radius 2 is 1.76 bits per heavy atom. The van der Waals surface area contributed by atoms with Crippen LogP contribution in [-0.4, -0.2) is 36.6 Å². The lowest BCUT2D eigenvalue weighted by Gasteiger charge is -2.33. The molecule has 1 N–H and O–H groups in total. The average molecular weight is 240 g/mol. The van der Waals surface area contributed by atoms with E-state index in [1.165, 1.54) is 45.2 Å². The number of nitrogens with one attached hydrogen (secondary N) is 1. The van der Waals surface area contributed by atoms with Gasteiger partial charge >= 0.3 is 0 Å². The lowest BCUT2D eigenvalue weighted by molar-refractivity contribution is 0.157. The molecule has 102 valence electrons. The molecule has 0 bridgehead atoms. The van der Waals surface area contributed by atoms with Crippen molar-refractivity contribution >= 4 is 0 Å². The van der Waals surface area contributed by atoms with E-state index in [4.69, 9.17) is 0 Å². The van der Waals surface area contributed by atoms with Crippen LogP contribution in [0.3, 0.4) is 0 Å². The van der Waals surface area contributed by atoms with Crippen LogP contribution in [0.15, 0.2) is 0 Å². The zero-order valence-corrected chi connectivity index (χ0v) is 12.3. The Hall–Kier alpha value is -0.0800. The van der Waals surface area contributed by atoms with Gasteiger partial charge in [-0.3, -0.25) is 4.90 Å². The van der Waals surface area contributed by atoms with Crippen molar-refractivity contribution in [1.82, 2.24) is 10.2 Å². The third-order valence-corrected chi connectivity index (χ3v) is 3.88. The second kappa shape index (κ2) is 8.10. The maximum atomic E-state index is 3.62. The number of hydrogen-bond acceptors (Lipinski definition) is 2. The van der Waals surface area contributed by atoms with E-state index in [2.05, 4.69) is 37.9 Å². The SMILES string of the molecule is CCNC(CC)CN(CC(C)C)C1CCCC1. The normalized spacial score (nSPS) is 19.4. The van der Waals surface area contributed by atoms with Crippen molar-refractivity contribution in [3.63, 3.8) is 0 Å². The molecule has 0 heterocycles. The highest BCUT2D eigenvalue weighted by Gasteiger charge is 2.24. The summed E-state index contributed by atoms with van der Waals surface area (Å²) in [5.41, 5.74) is 0. The maximum absolute atomic E-state index is 3.62. The first-order chi connectivity index (χ1) is 8.17. The Morgan fingerprint density at radius 3 is 2.24 bits per heavy atom. The predicted molar refractivity (Wildman–Crippen MR) is 76.4 cm³/mol. The van der Waals surface area contributed by atoms with Crippen LogP contribution >= 0.6 is 0 Å². The third kappa shape index (κ3) is 5.39. The molecule has 1 saturated carbocycles. The lowest BCUT2D eigenvalue weighted by atomic mass is 10.1. The Balaban J connectivity index is 2.48. The number of nitrogens with zero attached hydrogens (tertiary/aromatic N) is 1. The maximum Gasteiger partial charge on any atom is 0.0192 e. The molecule has 1 fully saturated rings. The quantitative estimate of drug-likeness (QED) is 0.700. The zero-order valence-electron chi connectivity index (χ0n) is 12.3. The third-order valence-electron chi connectivity index (χ3n) is 3.88. The molecule has 1 aliphatic rings. The van der Waals surface area contributed by atoms with E-state index < -0.39 is 0 Å². The van der Waals surface area contributed by atoms with Gasteiger partial charge in [-0.25, -0.2) is 0 Å². The summed E-state index contributed by atoms with van der Waals surface area (Å²) in [4.78, 5) is 2.76. The predicted octanol–water partition coefficient (Wildman–Crippen LogP) is 3.28. The van der Waals surface area contributed by atoms with Crippen molar-refractivity contribution in [3.8, 4) is 0 Å². The second-order valence-corrected chi connectivity index (χ2v) is 5.95. The lowest BCUT2D eigenvalue weighted by Crippen LogP contribution is -2.45. The Kier molecular flexibility index (Phi) is 7.14. The minimum Gasteiger partial charge on any atom is -0.313 e. The Morgan fingerprint density at radius 1 is 1.12 bits per heavy atom. The van der Waals surface area contributed by atoms with Crippen LogP contribution in [0.25, 0.3) is 0 Å². The minimum absolute atomic E-state index is 0.680. The number of likely N-dealkylation sites (N-methyl/N-ethyl adjacent to an activating group) is 1. The Bertz CT molecular complexity index is 185. The van der Waals surface area contributed by atoms with Gasteiger partial charge in [0.15, 0.2) is 0 Å². The molecule has 0 amide bonds. The van der Waals surface area contributed by atoms with E-state index in [0.29, 0.717) is 6.04 Å². The van der Waals surface area contributed by atoms with Crippen LogP contribution in [-0.2, 0) is 0 Å². The van der Waals surface area contributed by atoms with E-state index in [1.54, 1.807) is 0 Å². The average Bonchev–Trinajstić information content (AvgIpc) is 2.80. The van der Waals surface area contributed by atoms with Crippen LogP contribution in [0.1, 0.15) is 59.8 Å². The molecule has 0 saturated heterocycles. The summed E-state index contributed by atoms with van der Waals surface area (Å²) in [7, 11) is 0. The molecule has 17 heavy (non-hydrogen) atoms. The van der Waals surface area contributed by atoms with Gasteiger partial charge in [0.05, 0.1) is 0 Å². The summed E-state index contributed by atoms with van der Waals surface area (Å²) < 4.78 is 0. The summed E-state index contributed by atoms with van der Waals surface area (Å²) in [6.07, 6.45) is 6.98. The number of rotatable bonds is 8. The largest absolute Gasteiger partial charge is 0.313 e.